The van der Waals surface area contributed by atoms with E-state index in [1.165, 1.54) is 34.4 Å². The van der Waals surface area contributed by atoms with Gasteiger partial charge in [0.05, 0.1) is 23.5 Å². The van der Waals surface area contributed by atoms with Gasteiger partial charge in [0.25, 0.3) is 5.91 Å². The van der Waals surface area contributed by atoms with Crippen LogP contribution in [0.4, 0.5) is 8.78 Å². The number of aryl methyl sites for hydroxylation is 1. The molecule has 0 aliphatic rings. The molecule has 0 bridgehead atoms. The minimum atomic E-state index is -4.90. The molecule has 0 saturated carbocycles. The summed E-state index contributed by atoms with van der Waals surface area (Å²) >= 11 is 1.46. The van der Waals surface area contributed by atoms with E-state index in [2.05, 4.69) is 0 Å². The summed E-state index contributed by atoms with van der Waals surface area (Å²) in [5.41, 5.74) is 0.577. The summed E-state index contributed by atoms with van der Waals surface area (Å²) in [6.07, 6.45) is 1.83. The van der Waals surface area contributed by atoms with Crippen LogP contribution in [0.5, 0.6) is 0 Å². The topological polar surface area (TPSA) is 59.4 Å². The number of hydrogen-bond acceptors (Lipinski definition) is 4. The number of halogens is 2. The van der Waals surface area contributed by atoms with E-state index >= 15 is 0 Å². The molecule has 2 aromatic heterocycles. The van der Waals surface area contributed by atoms with E-state index in [0.29, 0.717) is 0 Å². The molecule has 28 heavy (non-hydrogen) atoms. The number of amides is 1. The van der Waals surface area contributed by atoms with Crippen LogP contribution in [0.1, 0.15) is 20.9 Å². The Bertz CT molecular complexity index is 1060. The fraction of sp³-hybridized carbons (Fsp3) is 0.211. The standard InChI is InChI=1S/C19H18F2N2O3S2/c1-22-10-4-6-14(22)12-23(13-15-7-5-11-27-15)18(24)16-8-2-3-9-17(16)28(25,26)19(20)21/h2-11,19H,12-13H2,1H3. The maximum atomic E-state index is 13.2. The molecule has 0 aliphatic heterocycles. The van der Waals surface area contributed by atoms with Crippen LogP contribution in [0, 0.1) is 0 Å². The van der Waals surface area contributed by atoms with E-state index in [0.717, 1.165) is 16.6 Å². The second kappa shape index (κ2) is 8.24. The minimum Gasteiger partial charge on any atom is -0.353 e. The molecule has 5 nitrogen and oxygen atoms in total. The number of carbonyl (C=O) groups excluding carboxylic acids is 1. The Balaban J connectivity index is 2.01. The van der Waals surface area contributed by atoms with E-state index in [-0.39, 0.29) is 18.7 Å². The monoisotopic (exact) mass is 424 g/mol. The third-order valence-corrected chi connectivity index (χ3v) is 6.58. The van der Waals surface area contributed by atoms with Gasteiger partial charge in [-0.25, -0.2) is 8.42 Å². The molecule has 3 rings (SSSR count). The van der Waals surface area contributed by atoms with Crippen LogP contribution in [0.2, 0.25) is 0 Å². The van der Waals surface area contributed by atoms with E-state index in [9.17, 15) is 22.0 Å². The summed E-state index contributed by atoms with van der Waals surface area (Å²) in [6, 6.07) is 12.5. The molecule has 3 aromatic rings. The van der Waals surface area contributed by atoms with Crippen LogP contribution in [0.25, 0.3) is 0 Å². The quantitative estimate of drug-likeness (QED) is 0.578. The van der Waals surface area contributed by atoms with Gasteiger partial charge in [-0.2, -0.15) is 8.78 Å². The predicted molar refractivity (Wildman–Crippen MR) is 103 cm³/mol. The minimum absolute atomic E-state index is 0.212. The first-order chi connectivity index (χ1) is 13.3. The Morgan fingerprint density at radius 1 is 1.11 bits per heavy atom. The smallest absolute Gasteiger partial charge is 0.341 e. The highest BCUT2D eigenvalue weighted by Gasteiger charge is 2.32. The number of aromatic nitrogens is 1. The average molecular weight is 424 g/mol. The van der Waals surface area contributed by atoms with Crippen LogP contribution in [-0.4, -0.2) is 29.5 Å². The van der Waals surface area contributed by atoms with Crippen molar-refractivity contribution in [2.24, 2.45) is 7.05 Å². The highest BCUT2D eigenvalue weighted by molar-refractivity contribution is 7.91. The Kier molecular flexibility index (Phi) is 5.95. The average Bonchev–Trinajstić information content (AvgIpc) is 3.32. The molecule has 1 aromatic carbocycles. The summed E-state index contributed by atoms with van der Waals surface area (Å²) < 4.78 is 52.1. The lowest BCUT2D eigenvalue weighted by Gasteiger charge is -2.24. The van der Waals surface area contributed by atoms with Crippen molar-refractivity contribution in [3.05, 3.63) is 76.2 Å². The van der Waals surface area contributed by atoms with Gasteiger partial charge in [-0.05, 0) is 35.7 Å². The lowest BCUT2D eigenvalue weighted by molar-refractivity contribution is 0.0724. The van der Waals surface area contributed by atoms with Crippen molar-refractivity contribution in [1.29, 1.82) is 0 Å². The number of sulfone groups is 1. The first-order valence-corrected chi connectivity index (χ1v) is 10.8. The second-order valence-corrected chi connectivity index (χ2v) is 9.07. The van der Waals surface area contributed by atoms with Gasteiger partial charge in [-0.3, -0.25) is 4.79 Å². The molecule has 0 unspecified atom stereocenters. The second-order valence-electron chi connectivity index (χ2n) is 6.15. The van der Waals surface area contributed by atoms with Crippen molar-refractivity contribution < 1.29 is 22.0 Å². The lowest BCUT2D eigenvalue weighted by atomic mass is 10.2. The number of rotatable bonds is 7. The molecule has 148 valence electrons. The SMILES string of the molecule is Cn1cccc1CN(Cc1cccs1)C(=O)c1ccccc1S(=O)(=O)C(F)F. The summed E-state index contributed by atoms with van der Waals surface area (Å²) in [4.78, 5) is 14.9. The van der Waals surface area contributed by atoms with E-state index in [1.54, 1.807) is 0 Å². The van der Waals surface area contributed by atoms with Gasteiger partial charge in [0, 0.05) is 23.8 Å². The first-order valence-electron chi connectivity index (χ1n) is 8.33. The third-order valence-electron chi connectivity index (χ3n) is 4.28. The first kappa shape index (κ1) is 20.2. The van der Waals surface area contributed by atoms with Crippen LogP contribution in [0.15, 0.2) is 65.0 Å². The highest BCUT2D eigenvalue weighted by atomic mass is 32.2. The Labute approximate surface area is 165 Å². The molecule has 9 heteroatoms. The van der Waals surface area contributed by atoms with Crippen LogP contribution >= 0.6 is 11.3 Å². The van der Waals surface area contributed by atoms with Crippen molar-refractivity contribution >= 4 is 27.1 Å². The van der Waals surface area contributed by atoms with Crippen molar-refractivity contribution in [2.45, 2.75) is 23.7 Å². The zero-order valence-corrected chi connectivity index (χ0v) is 16.6. The van der Waals surface area contributed by atoms with E-state index < -0.39 is 26.4 Å². The van der Waals surface area contributed by atoms with Gasteiger partial charge in [0.15, 0.2) is 0 Å². The van der Waals surface area contributed by atoms with Crippen molar-refractivity contribution in [2.75, 3.05) is 0 Å². The number of benzene rings is 1. The van der Waals surface area contributed by atoms with Crippen molar-refractivity contribution in [1.82, 2.24) is 9.47 Å². The Morgan fingerprint density at radius 3 is 2.46 bits per heavy atom. The fourth-order valence-electron chi connectivity index (χ4n) is 2.80. The number of carbonyl (C=O) groups is 1. The summed E-state index contributed by atoms with van der Waals surface area (Å²) in [7, 11) is -3.07. The van der Waals surface area contributed by atoms with E-state index in [1.807, 2.05) is 47.5 Å². The van der Waals surface area contributed by atoms with E-state index in [4.69, 9.17) is 0 Å². The lowest BCUT2D eigenvalue weighted by Crippen LogP contribution is -2.32. The number of thiophene rings is 1. The molecule has 0 radical (unpaired) electrons. The van der Waals surface area contributed by atoms with Crippen molar-refractivity contribution in [3.63, 3.8) is 0 Å². The largest absolute Gasteiger partial charge is 0.353 e. The molecule has 2 heterocycles. The Hall–Kier alpha value is -2.52. The maximum absolute atomic E-state index is 13.2. The summed E-state index contributed by atoms with van der Waals surface area (Å²) in [5, 5.41) is 1.87. The van der Waals surface area contributed by atoms with Gasteiger partial charge in [0.2, 0.25) is 9.84 Å². The van der Waals surface area contributed by atoms with Gasteiger partial charge < -0.3 is 9.47 Å². The van der Waals surface area contributed by atoms with Gasteiger partial charge in [-0.1, -0.05) is 18.2 Å². The van der Waals surface area contributed by atoms with Crippen LogP contribution in [0.3, 0.4) is 0 Å². The van der Waals surface area contributed by atoms with Gasteiger partial charge in [0.1, 0.15) is 0 Å². The van der Waals surface area contributed by atoms with Crippen LogP contribution in [-0.2, 0) is 30.0 Å². The summed E-state index contributed by atoms with van der Waals surface area (Å²) in [6.45, 7) is 0.452. The number of alkyl halides is 2. The molecule has 0 atom stereocenters. The maximum Gasteiger partial charge on any atom is 0.341 e. The predicted octanol–water partition coefficient (Wildman–Crippen LogP) is 3.93. The Morgan fingerprint density at radius 2 is 1.86 bits per heavy atom. The molecule has 0 N–H and O–H groups in total. The molecule has 0 saturated heterocycles. The third kappa shape index (κ3) is 4.15. The van der Waals surface area contributed by atoms with Gasteiger partial charge >= 0.3 is 5.76 Å². The molecule has 0 fully saturated rings. The van der Waals surface area contributed by atoms with Crippen molar-refractivity contribution in [3.8, 4) is 0 Å². The molecule has 0 aliphatic carbocycles. The number of hydrogen-bond donors (Lipinski definition) is 0. The molecule has 0 spiro atoms. The number of nitrogens with zero attached hydrogens (tertiary/aromatic N) is 2. The molecular formula is C19H18F2N2O3S2. The van der Waals surface area contributed by atoms with Crippen LogP contribution < -0.4 is 0 Å². The highest BCUT2D eigenvalue weighted by Crippen LogP contribution is 2.25. The van der Waals surface area contributed by atoms with Gasteiger partial charge in [-0.15, -0.1) is 11.3 Å². The fourth-order valence-corrected chi connectivity index (χ4v) is 4.45. The zero-order chi connectivity index (χ0) is 20.3. The normalized spacial score (nSPS) is 11.7. The zero-order valence-electron chi connectivity index (χ0n) is 15.0. The molecule has 1 amide bonds. The summed E-state index contributed by atoms with van der Waals surface area (Å²) in [5.74, 6) is -4.21. The molecular weight excluding hydrogens is 406 g/mol.